The topological polar surface area (TPSA) is 0 Å². The van der Waals surface area contributed by atoms with E-state index in [0.717, 1.165) is 6.04 Å². The van der Waals surface area contributed by atoms with Gasteiger partial charge in [0.25, 0.3) is 0 Å². The van der Waals surface area contributed by atoms with Gasteiger partial charge in [0, 0.05) is 0 Å². The molecule has 0 aromatic carbocycles. The maximum absolute atomic E-state index is 2.56. The predicted octanol–water partition coefficient (Wildman–Crippen LogP) is 9.12. The summed E-state index contributed by atoms with van der Waals surface area (Å²) in [6.45, 7) is 14.2. The van der Waals surface area contributed by atoms with Gasteiger partial charge in [-0.2, -0.15) is 0 Å². The van der Waals surface area contributed by atoms with Gasteiger partial charge in [-0.05, 0) is 32.6 Å². The standard InChI is InChI=1S/C31H66N2/c1-6-8-10-12-14-16-18-20-22-24-26-32(4)28-29-33(5,31(3)30-32)27-25-23-21-19-17-15-13-11-9-7-2/h31H,6-30H2,1-5H3/q+2. The van der Waals surface area contributed by atoms with E-state index < -0.39 is 0 Å². The number of quaternary nitrogens is 2. The van der Waals surface area contributed by atoms with Gasteiger partial charge in [0.2, 0.25) is 0 Å². The Kier molecular flexibility index (Phi) is 18.0. The van der Waals surface area contributed by atoms with Gasteiger partial charge in [0.1, 0.15) is 25.7 Å². The second-order valence-electron chi connectivity index (χ2n) is 12.4. The van der Waals surface area contributed by atoms with E-state index in [4.69, 9.17) is 0 Å². The molecule has 0 radical (unpaired) electrons. The molecule has 0 amide bonds. The highest BCUT2D eigenvalue weighted by Crippen LogP contribution is 2.24. The number of hydrogen-bond acceptors (Lipinski definition) is 0. The molecule has 0 aromatic rings. The largest absolute Gasteiger partial charge is 0.316 e. The number of hydrogen-bond donors (Lipinski definition) is 0. The monoisotopic (exact) mass is 467 g/mol. The highest BCUT2D eigenvalue weighted by Gasteiger charge is 2.42. The van der Waals surface area contributed by atoms with Crippen molar-refractivity contribution in [1.82, 2.24) is 0 Å². The summed E-state index contributed by atoms with van der Waals surface area (Å²) in [5, 5.41) is 0. The quantitative estimate of drug-likeness (QED) is 0.110. The van der Waals surface area contributed by atoms with Gasteiger partial charge < -0.3 is 8.97 Å². The first-order chi connectivity index (χ1) is 16.0. The Balaban J connectivity index is 2.07. The molecular weight excluding hydrogens is 400 g/mol. The summed E-state index contributed by atoms with van der Waals surface area (Å²) in [7, 11) is 5.11. The first kappa shape index (κ1) is 31.0. The highest BCUT2D eigenvalue weighted by atomic mass is 15.5. The van der Waals surface area contributed by atoms with Crippen molar-refractivity contribution in [2.75, 3.05) is 46.8 Å². The van der Waals surface area contributed by atoms with E-state index in [2.05, 4.69) is 34.9 Å². The van der Waals surface area contributed by atoms with Crippen molar-refractivity contribution in [3.05, 3.63) is 0 Å². The zero-order valence-corrected chi connectivity index (χ0v) is 24.1. The van der Waals surface area contributed by atoms with Gasteiger partial charge in [-0.15, -0.1) is 0 Å². The summed E-state index contributed by atoms with van der Waals surface area (Å²) < 4.78 is 2.67. The first-order valence-corrected chi connectivity index (χ1v) is 15.6. The Hall–Kier alpha value is -0.0800. The van der Waals surface area contributed by atoms with Crippen molar-refractivity contribution in [2.45, 2.75) is 155 Å². The molecule has 1 rings (SSSR count). The van der Waals surface area contributed by atoms with Crippen LogP contribution >= 0.6 is 0 Å². The van der Waals surface area contributed by atoms with Crippen LogP contribution in [0.25, 0.3) is 0 Å². The Bertz CT molecular complexity index is 437. The van der Waals surface area contributed by atoms with Gasteiger partial charge in [-0.1, -0.05) is 117 Å². The van der Waals surface area contributed by atoms with Crippen molar-refractivity contribution >= 4 is 0 Å². The lowest BCUT2D eigenvalue weighted by Gasteiger charge is -2.50. The lowest BCUT2D eigenvalue weighted by molar-refractivity contribution is -1.03. The molecule has 33 heavy (non-hydrogen) atoms. The fourth-order valence-electron chi connectivity index (χ4n) is 6.09. The average Bonchev–Trinajstić information content (AvgIpc) is 2.79. The number of piperazine rings is 1. The number of nitrogens with zero attached hydrogens (tertiary/aromatic N) is 2. The normalized spacial score (nSPS) is 25.5. The van der Waals surface area contributed by atoms with Crippen LogP contribution in [0.2, 0.25) is 0 Å². The van der Waals surface area contributed by atoms with E-state index in [9.17, 15) is 0 Å². The van der Waals surface area contributed by atoms with Crippen molar-refractivity contribution < 1.29 is 8.97 Å². The smallest absolute Gasteiger partial charge is 0.136 e. The van der Waals surface area contributed by atoms with Crippen LogP contribution in [0.5, 0.6) is 0 Å². The third kappa shape index (κ3) is 14.8. The zero-order valence-electron chi connectivity index (χ0n) is 24.1. The van der Waals surface area contributed by atoms with E-state index in [0.29, 0.717) is 0 Å². The van der Waals surface area contributed by atoms with Gasteiger partial charge in [-0.3, -0.25) is 0 Å². The van der Waals surface area contributed by atoms with Crippen LogP contribution in [0.1, 0.15) is 149 Å². The van der Waals surface area contributed by atoms with Crippen LogP contribution in [0.15, 0.2) is 0 Å². The van der Waals surface area contributed by atoms with Crippen molar-refractivity contribution in [1.29, 1.82) is 0 Å². The first-order valence-electron chi connectivity index (χ1n) is 15.6. The number of unbranched alkanes of at least 4 members (excludes halogenated alkanes) is 18. The van der Waals surface area contributed by atoms with Crippen LogP contribution < -0.4 is 0 Å². The molecule has 0 bridgehead atoms. The van der Waals surface area contributed by atoms with Crippen molar-refractivity contribution in [2.24, 2.45) is 0 Å². The molecule has 3 atom stereocenters. The Morgan fingerprint density at radius 1 is 0.485 bits per heavy atom. The second-order valence-corrected chi connectivity index (χ2v) is 12.4. The lowest BCUT2D eigenvalue weighted by Crippen LogP contribution is -2.68. The summed E-state index contributed by atoms with van der Waals surface area (Å²) in [5.74, 6) is 0. The second kappa shape index (κ2) is 19.1. The molecule has 0 aromatic heterocycles. The summed E-state index contributed by atoms with van der Waals surface area (Å²) >= 11 is 0. The van der Waals surface area contributed by atoms with Crippen LogP contribution in [0.4, 0.5) is 0 Å². The molecule has 1 fully saturated rings. The third-order valence-corrected chi connectivity index (χ3v) is 8.99. The molecule has 3 unspecified atom stereocenters. The summed E-state index contributed by atoms with van der Waals surface area (Å²) in [6, 6.07) is 0.824. The minimum Gasteiger partial charge on any atom is -0.316 e. The zero-order chi connectivity index (χ0) is 24.3. The molecule has 2 heteroatoms. The molecule has 198 valence electrons. The van der Waals surface area contributed by atoms with Crippen LogP contribution in [0, 0.1) is 0 Å². The Morgan fingerprint density at radius 2 is 0.848 bits per heavy atom. The van der Waals surface area contributed by atoms with Gasteiger partial charge >= 0.3 is 0 Å². The molecule has 1 aliphatic heterocycles. The van der Waals surface area contributed by atoms with E-state index in [1.54, 1.807) is 0 Å². The van der Waals surface area contributed by atoms with E-state index in [-0.39, 0.29) is 0 Å². The molecule has 1 heterocycles. The average molecular weight is 467 g/mol. The molecule has 2 nitrogen and oxygen atoms in total. The summed E-state index contributed by atoms with van der Waals surface area (Å²) in [5.41, 5.74) is 0. The molecule has 1 saturated heterocycles. The molecule has 1 aliphatic rings. The number of rotatable bonds is 22. The Labute approximate surface area is 211 Å². The Morgan fingerprint density at radius 3 is 1.24 bits per heavy atom. The molecule has 0 saturated carbocycles. The lowest BCUT2D eigenvalue weighted by atomic mass is 10.0. The molecule has 0 spiro atoms. The summed E-state index contributed by atoms with van der Waals surface area (Å²) in [6.07, 6.45) is 29.0. The highest BCUT2D eigenvalue weighted by molar-refractivity contribution is 4.61. The fourth-order valence-corrected chi connectivity index (χ4v) is 6.09. The number of likely N-dealkylation sites (N-methyl/N-ethyl adjacent to an activating group) is 2. The van der Waals surface area contributed by atoms with Crippen molar-refractivity contribution in [3.8, 4) is 0 Å². The summed E-state index contributed by atoms with van der Waals surface area (Å²) in [4.78, 5) is 0. The van der Waals surface area contributed by atoms with E-state index in [1.165, 1.54) is 170 Å². The minimum atomic E-state index is 0.824. The van der Waals surface area contributed by atoms with Gasteiger partial charge in [-0.25, -0.2) is 0 Å². The maximum Gasteiger partial charge on any atom is 0.136 e. The SMILES string of the molecule is CCCCCCCCCCCC[N+]1(C)CC[N+](C)(CCCCCCCCCCCC)C(C)C1. The molecule has 0 aliphatic carbocycles. The van der Waals surface area contributed by atoms with E-state index in [1.807, 2.05) is 0 Å². The van der Waals surface area contributed by atoms with E-state index >= 15 is 0 Å². The van der Waals surface area contributed by atoms with Gasteiger partial charge in [0.15, 0.2) is 0 Å². The van der Waals surface area contributed by atoms with Crippen LogP contribution in [0.3, 0.4) is 0 Å². The third-order valence-electron chi connectivity index (χ3n) is 8.99. The van der Waals surface area contributed by atoms with Crippen LogP contribution in [-0.2, 0) is 0 Å². The van der Waals surface area contributed by atoms with Crippen LogP contribution in [-0.4, -0.2) is 61.8 Å². The molecular formula is C31H66N2+2. The minimum absolute atomic E-state index is 0.824. The van der Waals surface area contributed by atoms with Crippen molar-refractivity contribution in [3.63, 3.8) is 0 Å². The fraction of sp³-hybridized carbons (Fsp3) is 1.00. The molecule has 0 N–H and O–H groups in total. The predicted molar refractivity (Wildman–Crippen MR) is 150 cm³/mol. The van der Waals surface area contributed by atoms with Gasteiger partial charge in [0.05, 0.1) is 27.2 Å². The maximum atomic E-state index is 2.56.